The van der Waals surface area contributed by atoms with E-state index in [-0.39, 0.29) is 23.0 Å². The molecular formula is C26H19N3O6. The van der Waals surface area contributed by atoms with Gasteiger partial charge in [0.2, 0.25) is 5.95 Å². The fourth-order valence-electron chi connectivity index (χ4n) is 4.42. The summed E-state index contributed by atoms with van der Waals surface area (Å²) in [6.07, 6.45) is 0. The van der Waals surface area contributed by atoms with E-state index in [0.29, 0.717) is 46.9 Å². The number of phenolic OH excluding ortho intramolecular Hbond substituents is 1. The highest BCUT2D eigenvalue weighted by molar-refractivity contribution is 6.51. The van der Waals surface area contributed by atoms with Gasteiger partial charge >= 0.3 is 5.91 Å². The van der Waals surface area contributed by atoms with Gasteiger partial charge in [-0.25, -0.2) is 4.98 Å². The molecule has 174 valence electrons. The summed E-state index contributed by atoms with van der Waals surface area (Å²) in [5, 5.41) is 21.1. The van der Waals surface area contributed by atoms with Crippen molar-refractivity contribution in [2.45, 2.75) is 6.04 Å². The number of ketones is 1. The number of carbonyl (C=O) groups excluding carboxylic acids is 2. The van der Waals surface area contributed by atoms with Crippen molar-refractivity contribution in [3.8, 4) is 17.2 Å². The number of H-pyrrole nitrogens is 1. The zero-order valence-electron chi connectivity index (χ0n) is 18.3. The number of fused-ring (bicyclic) bond motifs is 2. The molecule has 0 radical (unpaired) electrons. The Hall–Kier alpha value is -4.79. The van der Waals surface area contributed by atoms with Crippen molar-refractivity contribution in [3.63, 3.8) is 0 Å². The summed E-state index contributed by atoms with van der Waals surface area (Å²) >= 11 is 0. The number of aliphatic hydroxyl groups is 1. The van der Waals surface area contributed by atoms with Gasteiger partial charge in [0, 0.05) is 5.56 Å². The van der Waals surface area contributed by atoms with Crippen molar-refractivity contribution in [1.82, 2.24) is 9.97 Å². The molecule has 4 aromatic rings. The van der Waals surface area contributed by atoms with Crippen LogP contribution in [0.3, 0.4) is 0 Å². The topological polar surface area (TPSA) is 125 Å². The molecule has 2 aliphatic rings. The standard InChI is InChI=1S/C26H19N3O6/c30-16-8-5-14(6-9-16)22-21(23(31)15-7-10-19-20(13-15)35-12-11-34-19)24(32)25(33)29(22)26-27-17-3-1-2-4-18(17)28-26/h1-10,13,22,30-31H,11-12H2,(H,27,28)/b23-21+. The van der Waals surface area contributed by atoms with E-state index in [2.05, 4.69) is 9.97 Å². The van der Waals surface area contributed by atoms with Crippen molar-refractivity contribution < 1.29 is 29.3 Å². The number of aromatic hydroxyl groups is 1. The maximum Gasteiger partial charge on any atom is 0.302 e. The third-order valence-corrected chi connectivity index (χ3v) is 6.07. The monoisotopic (exact) mass is 469 g/mol. The van der Waals surface area contributed by atoms with E-state index in [1.165, 1.54) is 17.0 Å². The molecule has 1 amide bonds. The summed E-state index contributed by atoms with van der Waals surface area (Å²) in [5.74, 6) is -0.860. The lowest BCUT2D eigenvalue weighted by Crippen LogP contribution is -2.30. The fourth-order valence-corrected chi connectivity index (χ4v) is 4.42. The molecule has 0 aliphatic carbocycles. The van der Waals surface area contributed by atoms with Gasteiger partial charge in [-0.15, -0.1) is 0 Å². The van der Waals surface area contributed by atoms with Crippen molar-refractivity contribution in [3.05, 3.63) is 83.4 Å². The number of carbonyl (C=O) groups is 2. The normalized spacial score (nSPS) is 18.9. The highest BCUT2D eigenvalue weighted by atomic mass is 16.6. The van der Waals surface area contributed by atoms with Gasteiger partial charge in [-0.05, 0) is 48.0 Å². The average molecular weight is 469 g/mol. The number of hydrogen-bond acceptors (Lipinski definition) is 7. The molecule has 1 atom stereocenters. The molecule has 0 saturated carbocycles. The first kappa shape index (κ1) is 20.8. The minimum Gasteiger partial charge on any atom is -0.508 e. The van der Waals surface area contributed by atoms with Crippen LogP contribution in [-0.4, -0.2) is 45.1 Å². The second-order valence-corrected chi connectivity index (χ2v) is 8.20. The number of benzene rings is 3. The van der Waals surface area contributed by atoms with Gasteiger partial charge in [0.15, 0.2) is 11.5 Å². The third kappa shape index (κ3) is 3.36. The summed E-state index contributed by atoms with van der Waals surface area (Å²) in [6.45, 7) is 0.781. The summed E-state index contributed by atoms with van der Waals surface area (Å²) in [5.41, 5.74) is 2.04. The summed E-state index contributed by atoms with van der Waals surface area (Å²) < 4.78 is 11.1. The minimum absolute atomic E-state index is 0.0290. The predicted octanol–water partition coefficient (Wildman–Crippen LogP) is 3.67. The Morgan fingerprint density at radius 2 is 1.71 bits per heavy atom. The molecule has 3 aromatic carbocycles. The molecule has 0 bridgehead atoms. The number of para-hydroxylation sites is 2. The van der Waals surface area contributed by atoms with Crippen LogP contribution in [0, 0.1) is 0 Å². The number of ether oxygens (including phenoxy) is 2. The second kappa shape index (κ2) is 7.91. The van der Waals surface area contributed by atoms with Gasteiger partial charge in [-0.2, -0.15) is 0 Å². The molecular weight excluding hydrogens is 450 g/mol. The Morgan fingerprint density at radius 3 is 2.49 bits per heavy atom. The quantitative estimate of drug-likeness (QED) is 0.238. The largest absolute Gasteiger partial charge is 0.508 e. The van der Waals surface area contributed by atoms with Crippen molar-refractivity contribution in [2.75, 3.05) is 18.1 Å². The van der Waals surface area contributed by atoms with E-state index in [9.17, 15) is 19.8 Å². The van der Waals surface area contributed by atoms with Crippen molar-refractivity contribution in [2.24, 2.45) is 0 Å². The minimum atomic E-state index is -0.982. The molecule has 3 N–H and O–H groups in total. The molecule has 35 heavy (non-hydrogen) atoms. The van der Waals surface area contributed by atoms with Gasteiger partial charge in [0.25, 0.3) is 5.78 Å². The molecule has 1 unspecified atom stereocenters. The Bertz CT molecular complexity index is 1490. The van der Waals surface area contributed by atoms with Crippen molar-refractivity contribution in [1.29, 1.82) is 0 Å². The number of Topliss-reactive ketones (excluding diaryl/α,β-unsaturated/α-hetero) is 1. The Balaban J connectivity index is 1.54. The van der Waals surface area contributed by atoms with Crippen LogP contribution in [0.25, 0.3) is 16.8 Å². The molecule has 9 heteroatoms. The van der Waals surface area contributed by atoms with Crippen LogP contribution >= 0.6 is 0 Å². The van der Waals surface area contributed by atoms with Crippen LogP contribution in [-0.2, 0) is 9.59 Å². The second-order valence-electron chi connectivity index (χ2n) is 8.20. The van der Waals surface area contributed by atoms with Gasteiger partial charge < -0.3 is 24.7 Å². The molecule has 1 saturated heterocycles. The number of rotatable bonds is 3. The smallest absolute Gasteiger partial charge is 0.302 e. The average Bonchev–Trinajstić information content (AvgIpc) is 3.42. The number of imidazole rings is 1. The highest BCUT2D eigenvalue weighted by Gasteiger charge is 2.48. The van der Waals surface area contributed by atoms with Gasteiger partial charge in [-0.3, -0.25) is 14.5 Å². The number of anilines is 1. The lowest BCUT2D eigenvalue weighted by molar-refractivity contribution is -0.132. The van der Waals surface area contributed by atoms with Crippen molar-refractivity contribution >= 4 is 34.4 Å². The number of nitrogens with zero attached hydrogens (tertiary/aromatic N) is 2. The zero-order chi connectivity index (χ0) is 24.1. The first-order valence-corrected chi connectivity index (χ1v) is 11.0. The van der Waals surface area contributed by atoms with E-state index < -0.39 is 17.7 Å². The van der Waals surface area contributed by atoms with Crippen LogP contribution < -0.4 is 14.4 Å². The number of nitrogens with one attached hydrogen (secondary N) is 1. The number of aliphatic hydroxyl groups excluding tert-OH is 1. The predicted molar refractivity (Wildman–Crippen MR) is 126 cm³/mol. The number of hydrogen-bond donors (Lipinski definition) is 3. The summed E-state index contributed by atoms with van der Waals surface area (Å²) in [4.78, 5) is 35.4. The van der Waals surface area contributed by atoms with E-state index >= 15 is 0 Å². The molecule has 9 nitrogen and oxygen atoms in total. The Kier molecular flexibility index (Phi) is 4.70. The maximum atomic E-state index is 13.3. The van der Waals surface area contributed by atoms with Gasteiger partial charge in [0.05, 0.1) is 22.6 Å². The lowest BCUT2D eigenvalue weighted by Gasteiger charge is -2.23. The number of aromatic amines is 1. The van der Waals surface area contributed by atoms with Crippen LogP contribution in [0.15, 0.2) is 72.3 Å². The molecule has 1 fully saturated rings. The first-order valence-electron chi connectivity index (χ1n) is 11.0. The van der Waals surface area contributed by atoms with Gasteiger partial charge in [0.1, 0.15) is 24.7 Å². The lowest BCUT2D eigenvalue weighted by atomic mass is 9.95. The van der Waals surface area contributed by atoms with E-state index in [1.807, 2.05) is 18.2 Å². The Morgan fingerprint density at radius 1 is 0.971 bits per heavy atom. The number of amides is 1. The van der Waals surface area contributed by atoms with Crippen LogP contribution in [0.2, 0.25) is 0 Å². The molecule has 3 heterocycles. The van der Waals surface area contributed by atoms with Crippen LogP contribution in [0.4, 0.5) is 5.95 Å². The van der Waals surface area contributed by atoms with Gasteiger partial charge in [-0.1, -0.05) is 24.3 Å². The summed E-state index contributed by atoms with van der Waals surface area (Å²) in [6, 6.07) is 17.2. The molecule has 6 rings (SSSR count). The summed E-state index contributed by atoms with van der Waals surface area (Å²) in [7, 11) is 0. The van der Waals surface area contributed by atoms with E-state index in [1.54, 1.807) is 36.4 Å². The highest BCUT2D eigenvalue weighted by Crippen LogP contribution is 2.43. The molecule has 2 aliphatic heterocycles. The SMILES string of the molecule is O=C1C(=O)N(c2nc3ccccc3[nH]2)C(c2ccc(O)cc2)/C1=C(\O)c1ccc2c(c1)OCCO2. The van der Waals surface area contributed by atoms with E-state index in [4.69, 9.17) is 9.47 Å². The fraction of sp³-hybridized carbons (Fsp3) is 0.115. The van der Waals surface area contributed by atoms with Crippen LogP contribution in [0.1, 0.15) is 17.2 Å². The number of phenols is 1. The van der Waals surface area contributed by atoms with E-state index in [0.717, 1.165) is 0 Å². The maximum absolute atomic E-state index is 13.3. The first-order chi connectivity index (χ1) is 17.0. The number of aromatic nitrogens is 2. The van der Waals surface area contributed by atoms with Crippen LogP contribution in [0.5, 0.6) is 17.2 Å². The zero-order valence-corrected chi connectivity index (χ0v) is 18.3. The molecule has 1 aromatic heterocycles. The third-order valence-electron chi connectivity index (χ3n) is 6.07. The Labute approximate surface area is 198 Å². The molecule has 0 spiro atoms.